The van der Waals surface area contributed by atoms with E-state index in [1.54, 1.807) is 39.8 Å². The van der Waals surface area contributed by atoms with E-state index < -0.39 is 17.7 Å². The molecule has 0 saturated carbocycles. The monoisotopic (exact) mass is 310 g/mol. The first-order valence-corrected chi connectivity index (χ1v) is 6.88. The van der Waals surface area contributed by atoms with Gasteiger partial charge in [-0.25, -0.2) is 14.6 Å². The molecule has 122 valence electrons. The number of hydrogen-bond donors (Lipinski definition) is 1. The average molecular weight is 310 g/mol. The van der Waals surface area contributed by atoms with Crippen LogP contribution in [0.5, 0.6) is 5.88 Å². The van der Waals surface area contributed by atoms with E-state index in [9.17, 15) is 9.59 Å². The van der Waals surface area contributed by atoms with Gasteiger partial charge in [0.25, 0.3) is 0 Å². The molecule has 0 fully saturated rings. The molecule has 1 heterocycles. The molecule has 1 aromatic rings. The number of hydrogen-bond acceptors (Lipinski definition) is 6. The summed E-state index contributed by atoms with van der Waals surface area (Å²) in [7, 11) is 1.28. The molecule has 1 atom stereocenters. The van der Waals surface area contributed by atoms with Crippen LogP contribution in [-0.4, -0.2) is 42.4 Å². The number of methoxy groups -OCH3 is 1. The van der Waals surface area contributed by atoms with Crippen molar-refractivity contribution in [3.63, 3.8) is 0 Å². The summed E-state index contributed by atoms with van der Waals surface area (Å²) < 4.78 is 15.3. The zero-order chi connectivity index (χ0) is 16.8. The van der Waals surface area contributed by atoms with Crippen LogP contribution in [-0.2, 0) is 9.47 Å². The highest BCUT2D eigenvalue weighted by Gasteiger charge is 2.19. The first-order chi connectivity index (χ1) is 10.2. The second kappa shape index (κ2) is 7.63. The van der Waals surface area contributed by atoms with E-state index in [0.29, 0.717) is 0 Å². The van der Waals surface area contributed by atoms with Gasteiger partial charge in [0, 0.05) is 6.20 Å². The maximum atomic E-state index is 11.6. The highest BCUT2D eigenvalue weighted by Crippen LogP contribution is 2.15. The topological polar surface area (TPSA) is 86.8 Å². The van der Waals surface area contributed by atoms with Crippen LogP contribution in [0.4, 0.5) is 4.79 Å². The van der Waals surface area contributed by atoms with Gasteiger partial charge in [-0.2, -0.15) is 0 Å². The number of carbonyl (C=O) groups excluding carboxylic acids is 2. The minimum atomic E-state index is -0.566. The van der Waals surface area contributed by atoms with E-state index in [-0.39, 0.29) is 24.1 Å². The quantitative estimate of drug-likeness (QED) is 0.839. The van der Waals surface area contributed by atoms with Crippen LogP contribution >= 0.6 is 0 Å². The number of esters is 1. The van der Waals surface area contributed by atoms with Gasteiger partial charge in [0.2, 0.25) is 5.88 Å². The summed E-state index contributed by atoms with van der Waals surface area (Å²) in [5, 5.41) is 2.64. The minimum absolute atomic E-state index is 0.139. The van der Waals surface area contributed by atoms with Crippen molar-refractivity contribution in [2.45, 2.75) is 39.3 Å². The smallest absolute Gasteiger partial charge is 0.407 e. The van der Waals surface area contributed by atoms with Gasteiger partial charge in [-0.15, -0.1) is 0 Å². The molecular weight excluding hydrogens is 288 g/mol. The van der Waals surface area contributed by atoms with Crippen LogP contribution in [0, 0.1) is 0 Å². The molecule has 0 spiro atoms. The Morgan fingerprint density at radius 2 is 2.05 bits per heavy atom. The summed E-state index contributed by atoms with van der Waals surface area (Å²) >= 11 is 0. The van der Waals surface area contributed by atoms with E-state index in [2.05, 4.69) is 15.0 Å². The summed E-state index contributed by atoms with van der Waals surface area (Å²) in [6.45, 7) is 7.24. The Labute approximate surface area is 130 Å². The van der Waals surface area contributed by atoms with Gasteiger partial charge in [-0.05, 0) is 39.8 Å². The number of rotatable bonds is 5. The number of alkyl carbamates (subject to hydrolysis) is 1. The third-order valence-electron chi connectivity index (χ3n) is 2.41. The van der Waals surface area contributed by atoms with Crippen LogP contribution in [0.1, 0.15) is 38.1 Å². The minimum Gasteiger partial charge on any atom is -0.475 e. The highest BCUT2D eigenvalue weighted by molar-refractivity contribution is 5.91. The number of pyridine rings is 1. The van der Waals surface area contributed by atoms with Gasteiger partial charge in [0.1, 0.15) is 17.8 Å². The van der Waals surface area contributed by atoms with Crippen molar-refractivity contribution < 1.29 is 23.8 Å². The Kier molecular flexibility index (Phi) is 6.15. The zero-order valence-electron chi connectivity index (χ0n) is 13.5. The molecule has 0 saturated heterocycles. The molecule has 1 N–H and O–H groups in total. The molecule has 1 rings (SSSR count). The van der Waals surface area contributed by atoms with Crippen LogP contribution < -0.4 is 10.1 Å². The summed E-state index contributed by atoms with van der Waals surface area (Å²) in [5.41, 5.74) is -0.335. The molecule has 0 bridgehead atoms. The second-order valence-electron chi connectivity index (χ2n) is 5.71. The van der Waals surface area contributed by atoms with Crippen molar-refractivity contribution in [3.05, 3.63) is 23.9 Å². The SMILES string of the molecule is COC(=O)c1cccnc1OCC(C)NC(=O)OC(C)(C)C. The maximum absolute atomic E-state index is 11.6. The zero-order valence-corrected chi connectivity index (χ0v) is 13.5. The Morgan fingerprint density at radius 3 is 2.64 bits per heavy atom. The van der Waals surface area contributed by atoms with E-state index in [1.165, 1.54) is 13.3 Å². The lowest BCUT2D eigenvalue weighted by atomic mass is 10.2. The lowest BCUT2D eigenvalue weighted by Gasteiger charge is -2.22. The summed E-state index contributed by atoms with van der Waals surface area (Å²) in [6, 6.07) is 2.85. The molecular formula is C15H22N2O5. The second-order valence-corrected chi connectivity index (χ2v) is 5.71. The van der Waals surface area contributed by atoms with Gasteiger partial charge in [-0.1, -0.05) is 0 Å². The van der Waals surface area contributed by atoms with E-state index >= 15 is 0 Å². The lowest BCUT2D eigenvalue weighted by molar-refractivity contribution is 0.0488. The van der Waals surface area contributed by atoms with Crippen molar-refractivity contribution in [2.24, 2.45) is 0 Å². The molecule has 0 aromatic carbocycles. The average Bonchev–Trinajstić information content (AvgIpc) is 2.42. The third-order valence-corrected chi connectivity index (χ3v) is 2.41. The van der Waals surface area contributed by atoms with Crippen LogP contribution in [0.25, 0.3) is 0 Å². The Balaban J connectivity index is 2.56. The van der Waals surface area contributed by atoms with Gasteiger partial charge >= 0.3 is 12.1 Å². The number of ether oxygens (including phenoxy) is 3. The summed E-state index contributed by atoms with van der Waals surface area (Å²) in [4.78, 5) is 27.2. The molecule has 1 unspecified atom stereocenters. The van der Waals surface area contributed by atoms with Gasteiger partial charge in [-0.3, -0.25) is 0 Å². The fraction of sp³-hybridized carbons (Fsp3) is 0.533. The van der Waals surface area contributed by atoms with Crippen molar-refractivity contribution in [1.82, 2.24) is 10.3 Å². The predicted molar refractivity (Wildman–Crippen MR) is 79.9 cm³/mol. The van der Waals surface area contributed by atoms with E-state index in [0.717, 1.165) is 0 Å². The van der Waals surface area contributed by atoms with Gasteiger partial charge in [0.05, 0.1) is 13.2 Å². The third kappa shape index (κ3) is 5.99. The highest BCUT2D eigenvalue weighted by atomic mass is 16.6. The molecule has 22 heavy (non-hydrogen) atoms. The lowest BCUT2D eigenvalue weighted by Crippen LogP contribution is -2.40. The molecule has 7 nitrogen and oxygen atoms in total. The normalized spacial score (nSPS) is 12.2. The molecule has 1 amide bonds. The van der Waals surface area contributed by atoms with Crippen molar-refractivity contribution in [3.8, 4) is 5.88 Å². The summed E-state index contributed by atoms with van der Waals surface area (Å²) in [6.07, 6.45) is 0.978. The van der Waals surface area contributed by atoms with E-state index in [1.807, 2.05) is 0 Å². The number of amides is 1. The van der Waals surface area contributed by atoms with Crippen LogP contribution in [0.2, 0.25) is 0 Å². The van der Waals surface area contributed by atoms with E-state index in [4.69, 9.17) is 9.47 Å². The molecule has 0 aliphatic heterocycles. The fourth-order valence-electron chi connectivity index (χ4n) is 1.53. The fourth-order valence-corrected chi connectivity index (χ4v) is 1.53. The van der Waals surface area contributed by atoms with Crippen molar-refractivity contribution in [2.75, 3.05) is 13.7 Å². The van der Waals surface area contributed by atoms with Crippen molar-refractivity contribution in [1.29, 1.82) is 0 Å². The molecule has 0 aliphatic rings. The Bertz CT molecular complexity index is 525. The van der Waals surface area contributed by atoms with Gasteiger partial charge in [0.15, 0.2) is 0 Å². The number of nitrogens with zero attached hydrogens (tertiary/aromatic N) is 1. The standard InChI is InChI=1S/C15H22N2O5/c1-10(17-14(19)22-15(2,3)4)9-21-12-11(13(18)20-5)7-6-8-16-12/h6-8,10H,9H2,1-5H3,(H,17,19). The molecule has 1 aromatic heterocycles. The predicted octanol–water partition coefficient (Wildman–Crippen LogP) is 2.16. The molecule has 0 aliphatic carbocycles. The Hall–Kier alpha value is -2.31. The largest absolute Gasteiger partial charge is 0.475 e. The molecule has 7 heteroatoms. The summed E-state index contributed by atoms with van der Waals surface area (Å²) in [5.74, 6) is -0.372. The van der Waals surface area contributed by atoms with Crippen LogP contribution in [0.15, 0.2) is 18.3 Å². The maximum Gasteiger partial charge on any atom is 0.407 e. The van der Waals surface area contributed by atoms with Crippen LogP contribution in [0.3, 0.4) is 0 Å². The van der Waals surface area contributed by atoms with Gasteiger partial charge < -0.3 is 19.5 Å². The Morgan fingerprint density at radius 1 is 1.36 bits per heavy atom. The first-order valence-electron chi connectivity index (χ1n) is 6.88. The number of nitrogens with one attached hydrogen (secondary N) is 1. The molecule has 0 radical (unpaired) electrons. The van der Waals surface area contributed by atoms with Crippen molar-refractivity contribution >= 4 is 12.1 Å². The number of aromatic nitrogens is 1. The number of carbonyl (C=O) groups is 2. The first kappa shape index (κ1) is 17.7.